The van der Waals surface area contributed by atoms with E-state index in [1.54, 1.807) is 7.05 Å². The highest BCUT2D eigenvalue weighted by atomic mass is 16.5. The van der Waals surface area contributed by atoms with E-state index in [1.165, 1.54) is 5.56 Å². The molecule has 1 heterocycles. The highest BCUT2D eigenvalue weighted by molar-refractivity contribution is 5.80. The Labute approximate surface area is 186 Å². The fourth-order valence-corrected chi connectivity index (χ4v) is 3.77. The predicted molar refractivity (Wildman–Crippen MR) is 127 cm³/mol. The Bertz CT molecular complexity index is 806. The molecule has 1 unspecified atom stereocenters. The van der Waals surface area contributed by atoms with Gasteiger partial charge in [-0.05, 0) is 50.1 Å². The van der Waals surface area contributed by atoms with Gasteiger partial charge in [0.1, 0.15) is 12.4 Å². The summed E-state index contributed by atoms with van der Waals surface area (Å²) >= 11 is 0. The zero-order valence-corrected chi connectivity index (χ0v) is 19.0. The highest BCUT2D eigenvalue weighted by Gasteiger charge is 2.18. The van der Waals surface area contributed by atoms with Crippen molar-refractivity contribution in [3.8, 4) is 5.75 Å². The molecule has 1 aliphatic heterocycles. The van der Waals surface area contributed by atoms with Gasteiger partial charge in [-0.15, -0.1) is 0 Å². The van der Waals surface area contributed by atoms with E-state index in [0.29, 0.717) is 19.2 Å². The molecule has 0 radical (unpaired) electrons. The molecule has 1 saturated heterocycles. The monoisotopic (exact) mass is 424 g/mol. The standard InChI is InChI=1S/C25H36N4O2/c1-20(22-9-5-4-6-10-22)28-25(26-2)27-19-21-8-7-11-24(18-21)31-17-14-29(3)23-12-15-30-16-13-23/h4-11,18,20,23H,12-17,19H2,1-3H3,(H2,26,27,28). The number of nitrogens with one attached hydrogen (secondary N) is 2. The van der Waals surface area contributed by atoms with E-state index in [1.807, 2.05) is 18.2 Å². The third-order valence-electron chi connectivity index (χ3n) is 5.76. The van der Waals surface area contributed by atoms with Gasteiger partial charge in [0.15, 0.2) is 5.96 Å². The summed E-state index contributed by atoms with van der Waals surface area (Å²) in [6, 6.07) is 19.4. The zero-order chi connectivity index (χ0) is 21.9. The molecule has 0 amide bonds. The number of rotatable bonds is 9. The first-order chi connectivity index (χ1) is 15.2. The van der Waals surface area contributed by atoms with Crippen LogP contribution in [0.5, 0.6) is 5.75 Å². The van der Waals surface area contributed by atoms with E-state index in [2.05, 4.69) is 70.9 Å². The molecule has 2 aromatic carbocycles. The van der Waals surface area contributed by atoms with Crippen LogP contribution in [-0.2, 0) is 11.3 Å². The number of guanidine groups is 1. The number of benzene rings is 2. The smallest absolute Gasteiger partial charge is 0.191 e. The van der Waals surface area contributed by atoms with Crippen molar-refractivity contribution < 1.29 is 9.47 Å². The average Bonchev–Trinajstić information content (AvgIpc) is 2.83. The van der Waals surface area contributed by atoms with Gasteiger partial charge in [-0.3, -0.25) is 9.89 Å². The quantitative estimate of drug-likeness (QED) is 0.476. The highest BCUT2D eigenvalue weighted by Crippen LogP contribution is 2.15. The molecule has 6 nitrogen and oxygen atoms in total. The Balaban J connectivity index is 1.43. The van der Waals surface area contributed by atoms with Crippen LogP contribution in [0, 0.1) is 0 Å². The van der Waals surface area contributed by atoms with Crippen molar-refractivity contribution in [3.63, 3.8) is 0 Å². The number of likely N-dealkylation sites (N-methyl/N-ethyl adjacent to an activating group) is 1. The number of hydrogen-bond donors (Lipinski definition) is 2. The van der Waals surface area contributed by atoms with Gasteiger partial charge in [0.05, 0.1) is 6.04 Å². The summed E-state index contributed by atoms with van der Waals surface area (Å²) in [6.45, 7) is 6.15. The van der Waals surface area contributed by atoms with Crippen molar-refractivity contribution >= 4 is 5.96 Å². The molecule has 168 valence electrons. The second-order valence-electron chi connectivity index (χ2n) is 8.02. The van der Waals surface area contributed by atoms with E-state index in [0.717, 1.165) is 49.9 Å². The summed E-state index contributed by atoms with van der Waals surface area (Å²) in [5.74, 6) is 1.68. The van der Waals surface area contributed by atoms with Gasteiger partial charge < -0.3 is 20.1 Å². The minimum Gasteiger partial charge on any atom is -0.492 e. The Morgan fingerprint density at radius 3 is 2.68 bits per heavy atom. The average molecular weight is 425 g/mol. The van der Waals surface area contributed by atoms with Gasteiger partial charge in [-0.1, -0.05) is 42.5 Å². The second-order valence-corrected chi connectivity index (χ2v) is 8.02. The molecule has 31 heavy (non-hydrogen) atoms. The van der Waals surface area contributed by atoms with Gasteiger partial charge in [0.25, 0.3) is 0 Å². The van der Waals surface area contributed by atoms with Crippen LogP contribution in [0.1, 0.15) is 36.9 Å². The maximum atomic E-state index is 6.02. The van der Waals surface area contributed by atoms with Gasteiger partial charge >= 0.3 is 0 Å². The van der Waals surface area contributed by atoms with E-state index in [4.69, 9.17) is 9.47 Å². The molecule has 0 bridgehead atoms. The summed E-state index contributed by atoms with van der Waals surface area (Å²) in [5.41, 5.74) is 2.39. The van der Waals surface area contributed by atoms with Crippen molar-refractivity contribution in [3.05, 3.63) is 65.7 Å². The molecule has 0 saturated carbocycles. The first kappa shape index (κ1) is 23.1. The molecule has 1 atom stereocenters. The van der Waals surface area contributed by atoms with Crippen molar-refractivity contribution in [2.45, 2.75) is 38.4 Å². The summed E-state index contributed by atoms with van der Waals surface area (Å²) in [4.78, 5) is 6.74. The van der Waals surface area contributed by atoms with Crippen LogP contribution in [0.2, 0.25) is 0 Å². The summed E-state index contributed by atoms with van der Waals surface area (Å²) in [7, 11) is 3.97. The van der Waals surface area contributed by atoms with Crippen molar-refractivity contribution in [2.24, 2.45) is 4.99 Å². The summed E-state index contributed by atoms with van der Waals surface area (Å²) < 4.78 is 11.5. The molecule has 6 heteroatoms. The molecule has 1 fully saturated rings. The van der Waals surface area contributed by atoms with E-state index < -0.39 is 0 Å². The predicted octanol–water partition coefficient (Wildman–Crippen LogP) is 3.60. The lowest BCUT2D eigenvalue weighted by atomic mass is 10.1. The Kier molecular flexibility index (Phi) is 9.18. The SMILES string of the molecule is CN=C(NCc1cccc(OCCN(C)C2CCOCC2)c1)NC(C)c1ccccc1. The number of hydrogen-bond acceptors (Lipinski definition) is 4. The van der Waals surface area contributed by atoms with Gasteiger partial charge in [-0.2, -0.15) is 0 Å². The van der Waals surface area contributed by atoms with Gasteiger partial charge in [0, 0.05) is 39.4 Å². The fraction of sp³-hybridized carbons (Fsp3) is 0.480. The van der Waals surface area contributed by atoms with Crippen LogP contribution in [-0.4, -0.2) is 57.4 Å². The first-order valence-corrected chi connectivity index (χ1v) is 11.2. The van der Waals surface area contributed by atoms with Crippen LogP contribution in [0.15, 0.2) is 59.6 Å². The van der Waals surface area contributed by atoms with Crippen LogP contribution in [0.25, 0.3) is 0 Å². The van der Waals surface area contributed by atoms with Crippen molar-refractivity contribution in [2.75, 3.05) is 40.5 Å². The zero-order valence-electron chi connectivity index (χ0n) is 19.0. The molecular formula is C25H36N4O2. The van der Waals surface area contributed by atoms with Crippen molar-refractivity contribution in [1.82, 2.24) is 15.5 Å². The minimum atomic E-state index is 0.176. The van der Waals surface area contributed by atoms with Gasteiger partial charge in [0.2, 0.25) is 0 Å². The second kappa shape index (κ2) is 12.3. The van der Waals surface area contributed by atoms with Crippen LogP contribution in [0.3, 0.4) is 0 Å². The topological polar surface area (TPSA) is 58.1 Å². The number of aliphatic imine (C=N–C) groups is 1. The number of nitrogens with zero attached hydrogens (tertiary/aromatic N) is 2. The largest absolute Gasteiger partial charge is 0.492 e. The fourth-order valence-electron chi connectivity index (χ4n) is 3.77. The lowest BCUT2D eigenvalue weighted by molar-refractivity contribution is 0.0392. The van der Waals surface area contributed by atoms with E-state index in [9.17, 15) is 0 Å². The Morgan fingerprint density at radius 1 is 1.16 bits per heavy atom. The Hall–Kier alpha value is -2.57. The molecule has 2 aromatic rings. The minimum absolute atomic E-state index is 0.176. The van der Waals surface area contributed by atoms with Crippen LogP contribution >= 0.6 is 0 Å². The van der Waals surface area contributed by atoms with Crippen molar-refractivity contribution in [1.29, 1.82) is 0 Å². The molecule has 0 spiro atoms. The summed E-state index contributed by atoms with van der Waals surface area (Å²) in [5, 5.41) is 6.83. The third kappa shape index (κ3) is 7.56. The maximum Gasteiger partial charge on any atom is 0.191 e. The first-order valence-electron chi connectivity index (χ1n) is 11.2. The molecule has 3 rings (SSSR count). The molecule has 0 aromatic heterocycles. The summed E-state index contributed by atoms with van der Waals surface area (Å²) in [6.07, 6.45) is 2.21. The molecule has 1 aliphatic rings. The van der Waals surface area contributed by atoms with Crippen LogP contribution < -0.4 is 15.4 Å². The molecular weight excluding hydrogens is 388 g/mol. The van der Waals surface area contributed by atoms with Crippen LogP contribution in [0.4, 0.5) is 0 Å². The van der Waals surface area contributed by atoms with Gasteiger partial charge in [-0.25, -0.2) is 0 Å². The lowest BCUT2D eigenvalue weighted by Gasteiger charge is -2.31. The van der Waals surface area contributed by atoms with E-state index >= 15 is 0 Å². The Morgan fingerprint density at radius 2 is 1.94 bits per heavy atom. The maximum absolute atomic E-state index is 6.02. The molecule has 0 aliphatic carbocycles. The number of ether oxygens (including phenoxy) is 2. The lowest BCUT2D eigenvalue weighted by Crippen LogP contribution is -2.38. The third-order valence-corrected chi connectivity index (χ3v) is 5.76. The normalized spacial score (nSPS) is 16.2. The molecule has 2 N–H and O–H groups in total. The van der Waals surface area contributed by atoms with E-state index in [-0.39, 0.29) is 6.04 Å².